The summed E-state index contributed by atoms with van der Waals surface area (Å²) in [6.07, 6.45) is 0.933. The largest absolute Gasteiger partial charge is 1.00 e. The number of carbonyl (C=O) groups excluding carboxylic acids is 1. The standard InChI is InChI=1S/C2H3O.Na.Sn.2H/c1-2-3;;;;/h2H,1H2;;;;/q;+1;;;-1. The van der Waals surface area contributed by atoms with Crippen molar-refractivity contribution in [3.8, 4) is 0 Å². The number of hydrogen-bond donors (Lipinski definition) is 0. The van der Waals surface area contributed by atoms with E-state index < -0.39 is 0 Å². The first-order valence-corrected chi connectivity index (χ1v) is 3.38. The molecule has 0 aliphatic heterocycles. The van der Waals surface area contributed by atoms with Gasteiger partial charge in [0.1, 0.15) is 0 Å². The maximum Gasteiger partial charge on any atom is 1.00 e. The van der Waals surface area contributed by atoms with Crippen molar-refractivity contribution in [2.45, 2.75) is 4.44 Å². The van der Waals surface area contributed by atoms with E-state index in [0.717, 1.165) is 33.2 Å². The molecule has 0 amide bonds. The van der Waals surface area contributed by atoms with Gasteiger partial charge in [-0.15, -0.1) is 0 Å². The van der Waals surface area contributed by atoms with Crippen molar-refractivity contribution in [3.05, 3.63) is 0 Å². The topological polar surface area (TPSA) is 17.1 Å². The van der Waals surface area contributed by atoms with Crippen molar-refractivity contribution in [3.63, 3.8) is 0 Å². The molecular weight excluding hydrogens is 182 g/mol. The van der Waals surface area contributed by atoms with E-state index in [9.17, 15) is 4.79 Å². The zero-order valence-electron chi connectivity index (χ0n) is 4.27. The zero-order chi connectivity index (χ0) is 3.41. The molecule has 3 heteroatoms. The fourth-order valence-corrected chi connectivity index (χ4v) is 0. The van der Waals surface area contributed by atoms with Crippen molar-refractivity contribution in [1.82, 2.24) is 0 Å². The Morgan fingerprint density at radius 1 is 2.00 bits per heavy atom. The van der Waals surface area contributed by atoms with E-state index in [1.54, 1.807) is 0 Å². The van der Waals surface area contributed by atoms with E-state index in [1.807, 2.05) is 0 Å². The van der Waals surface area contributed by atoms with Crippen LogP contribution in [0.2, 0.25) is 4.44 Å². The van der Waals surface area contributed by atoms with Crippen LogP contribution in [0.5, 0.6) is 0 Å². The van der Waals surface area contributed by atoms with E-state index in [0.29, 0.717) is 0 Å². The van der Waals surface area contributed by atoms with Crippen LogP contribution >= 0.6 is 0 Å². The van der Waals surface area contributed by atoms with Crippen molar-refractivity contribution in [2.75, 3.05) is 0 Å². The smallest absolute Gasteiger partial charge is 1.00 e. The van der Waals surface area contributed by atoms with Crippen LogP contribution in [0.1, 0.15) is 1.43 Å². The van der Waals surface area contributed by atoms with Gasteiger partial charge in [-0.1, -0.05) is 0 Å². The minimum atomic E-state index is 0. The van der Waals surface area contributed by atoms with Crippen LogP contribution in [-0.4, -0.2) is 28.8 Å². The number of hydrogen-bond acceptors (Lipinski definition) is 1. The molecule has 0 aliphatic carbocycles. The quantitative estimate of drug-likeness (QED) is 0.309. The summed E-state index contributed by atoms with van der Waals surface area (Å²) < 4.78 is 0.769. The summed E-state index contributed by atoms with van der Waals surface area (Å²) in [5, 5.41) is 0. The summed E-state index contributed by atoms with van der Waals surface area (Å²) in [6, 6.07) is 0. The summed E-state index contributed by atoms with van der Waals surface area (Å²) in [7, 11) is 0. The molecule has 0 saturated carbocycles. The molecule has 2 radical (unpaired) electrons. The Morgan fingerprint density at radius 2 is 2.20 bits per heavy atom. The summed E-state index contributed by atoms with van der Waals surface area (Å²) in [5.41, 5.74) is 0. The van der Waals surface area contributed by atoms with Gasteiger partial charge in [-0.05, 0) is 0 Å². The molecule has 24 valence electrons. The SMILES string of the molecule is O=C[CH2][SnH].[H-].[Na+]. The van der Waals surface area contributed by atoms with Gasteiger partial charge in [0.25, 0.3) is 0 Å². The van der Waals surface area contributed by atoms with Crippen molar-refractivity contribution >= 4 is 28.8 Å². The fraction of sp³-hybridized carbons (Fsp3) is 0.500. The maximum atomic E-state index is 9.21. The second-order valence-corrected chi connectivity index (χ2v) is 1.75. The van der Waals surface area contributed by atoms with E-state index in [2.05, 4.69) is 0 Å². The third-order valence-electron chi connectivity index (χ3n) is 0.0962. The fourth-order valence-electron chi connectivity index (χ4n) is 0. The van der Waals surface area contributed by atoms with Gasteiger partial charge in [-0.25, -0.2) is 0 Å². The molecule has 0 bridgehead atoms. The Bertz CT molecular complexity index is 27.5. The summed E-state index contributed by atoms with van der Waals surface area (Å²) in [4.78, 5) is 9.21. The van der Waals surface area contributed by atoms with Gasteiger partial charge in [0, 0.05) is 0 Å². The minimum absolute atomic E-state index is 0. The van der Waals surface area contributed by atoms with Crippen molar-refractivity contribution in [2.24, 2.45) is 0 Å². The molecular formula is C2H5NaOSn. The molecule has 0 atom stereocenters. The number of rotatable bonds is 1. The second kappa shape index (κ2) is 9.08. The molecule has 0 fully saturated rings. The second-order valence-electron chi connectivity index (χ2n) is 0.402. The predicted octanol–water partition coefficient (Wildman–Crippen LogP) is -3.38. The summed E-state index contributed by atoms with van der Waals surface area (Å²) in [5.74, 6) is 0. The van der Waals surface area contributed by atoms with E-state index in [-0.39, 0.29) is 31.0 Å². The first kappa shape index (κ1) is 9.69. The van der Waals surface area contributed by atoms with Crippen LogP contribution in [0.15, 0.2) is 0 Å². The molecule has 1 nitrogen and oxygen atoms in total. The average molecular weight is 187 g/mol. The third kappa shape index (κ3) is 10.8. The van der Waals surface area contributed by atoms with Crippen LogP contribution in [0.4, 0.5) is 0 Å². The van der Waals surface area contributed by atoms with Crippen LogP contribution < -0.4 is 29.6 Å². The van der Waals surface area contributed by atoms with E-state index >= 15 is 0 Å². The van der Waals surface area contributed by atoms with Gasteiger partial charge >= 0.3 is 67.6 Å². The van der Waals surface area contributed by atoms with Crippen LogP contribution in [-0.2, 0) is 4.79 Å². The van der Waals surface area contributed by atoms with Gasteiger partial charge < -0.3 is 1.43 Å². The minimum Gasteiger partial charge on any atom is -1.00 e. The Balaban J connectivity index is -0.0000000450. The molecule has 0 N–H and O–H groups in total. The Morgan fingerprint density at radius 3 is 2.20 bits per heavy atom. The first-order valence-electron chi connectivity index (χ1n) is 1.05. The van der Waals surface area contributed by atoms with Gasteiger partial charge in [-0.3, -0.25) is 0 Å². The van der Waals surface area contributed by atoms with Crippen LogP contribution in [0, 0.1) is 0 Å². The van der Waals surface area contributed by atoms with E-state index in [4.69, 9.17) is 0 Å². The molecule has 0 aliphatic rings. The normalized spacial score (nSPS) is 5.00. The average Bonchev–Trinajstić information content (AvgIpc) is 1.37. The Hall–Kier alpha value is 1.47. The molecule has 0 heterocycles. The van der Waals surface area contributed by atoms with Crippen molar-refractivity contribution in [1.29, 1.82) is 0 Å². The molecule has 5 heavy (non-hydrogen) atoms. The molecule has 0 unspecified atom stereocenters. The third-order valence-corrected chi connectivity index (χ3v) is 0.645. The van der Waals surface area contributed by atoms with E-state index in [1.165, 1.54) is 0 Å². The van der Waals surface area contributed by atoms with Crippen molar-refractivity contribution < 1.29 is 35.8 Å². The predicted molar refractivity (Wildman–Crippen MR) is 19.1 cm³/mol. The molecule has 0 spiro atoms. The van der Waals surface area contributed by atoms with Crippen LogP contribution in [0.3, 0.4) is 0 Å². The van der Waals surface area contributed by atoms with Gasteiger partial charge in [0.2, 0.25) is 0 Å². The summed E-state index contributed by atoms with van der Waals surface area (Å²) in [6.45, 7) is 0. The number of carbonyl (C=O) groups is 1. The molecule has 0 rings (SSSR count). The molecule has 0 saturated heterocycles. The monoisotopic (exact) mass is 188 g/mol. The van der Waals surface area contributed by atoms with Crippen LogP contribution in [0.25, 0.3) is 0 Å². The maximum absolute atomic E-state index is 9.21. The molecule has 0 aromatic rings. The Kier molecular flexibility index (Phi) is 17.6. The number of aldehydes is 1. The molecule has 0 aromatic carbocycles. The van der Waals surface area contributed by atoms with Gasteiger partial charge in [0.05, 0.1) is 0 Å². The van der Waals surface area contributed by atoms with Gasteiger partial charge in [-0.2, -0.15) is 0 Å². The summed E-state index contributed by atoms with van der Waals surface area (Å²) >= 11 is 1.07. The molecule has 0 aromatic heterocycles. The zero-order valence-corrected chi connectivity index (χ0v) is 8.57. The van der Waals surface area contributed by atoms with Gasteiger partial charge in [0.15, 0.2) is 0 Å². The first-order chi connectivity index (χ1) is 1.91. The Labute approximate surface area is 68.4 Å².